The molecule has 0 spiro atoms. The van der Waals surface area contributed by atoms with Crippen molar-refractivity contribution in [3.05, 3.63) is 65.2 Å². The summed E-state index contributed by atoms with van der Waals surface area (Å²) in [6.07, 6.45) is 3.94. The highest BCUT2D eigenvalue weighted by molar-refractivity contribution is 5.82. The molecular weight excluding hydrogens is 491 g/mol. The summed E-state index contributed by atoms with van der Waals surface area (Å²) in [7, 11) is 0. The first-order valence-electron chi connectivity index (χ1n) is 13.9. The Bertz CT molecular complexity index is 1060. The van der Waals surface area contributed by atoms with E-state index in [2.05, 4.69) is 17.4 Å². The first-order valence-corrected chi connectivity index (χ1v) is 13.9. The maximum Gasteiger partial charge on any atom is 0.391 e. The molecule has 2 aliphatic carbocycles. The zero-order valence-corrected chi connectivity index (χ0v) is 21.9. The van der Waals surface area contributed by atoms with Crippen LogP contribution in [-0.4, -0.2) is 30.3 Å². The summed E-state index contributed by atoms with van der Waals surface area (Å²) in [5.74, 6) is -0.644. The topological polar surface area (TPSA) is 58.6 Å². The fourth-order valence-corrected chi connectivity index (χ4v) is 5.61. The monoisotopic (exact) mass is 529 g/mol. The van der Waals surface area contributed by atoms with E-state index in [1.54, 1.807) is 12.1 Å². The third kappa shape index (κ3) is 7.78. The number of halogens is 3. The highest BCUT2D eigenvalue weighted by Gasteiger charge is 2.42. The standard InChI is InChI=1S/C31H38F3NO3/c32-31(33,34)26-14-8-25(9-15-26)30(37)35-20-4-5-21-38-28-18-12-24(13-19-28)29(22-6-2-1-3-7-22)23-10-16-27(36)17-11-23/h10-13,16-19,25-26,36H,1-9,14-15,20-21H2,(H,35,37). The van der Waals surface area contributed by atoms with Gasteiger partial charge in [-0.05, 0) is 105 Å². The van der Waals surface area contributed by atoms with Gasteiger partial charge in [0.15, 0.2) is 0 Å². The lowest BCUT2D eigenvalue weighted by molar-refractivity contribution is -0.184. The lowest BCUT2D eigenvalue weighted by Gasteiger charge is -2.29. The maximum atomic E-state index is 12.8. The van der Waals surface area contributed by atoms with Crippen LogP contribution >= 0.6 is 0 Å². The third-order valence-electron chi connectivity index (χ3n) is 7.81. The maximum absolute atomic E-state index is 12.8. The first-order chi connectivity index (χ1) is 18.3. The van der Waals surface area contributed by atoms with Gasteiger partial charge in [0.1, 0.15) is 11.5 Å². The molecule has 38 heavy (non-hydrogen) atoms. The molecule has 2 saturated carbocycles. The molecule has 0 aromatic heterocycles. The van der Waals surface area contributed by atoms with E-state index in [1.807, 2.05) is 24.3 Å². The minimum Gasteiger partial charge on any atom is -0.508 e. The highest BCUT2D eigenvalue weighted by Crippen LogP contribution is 2.39. The smallest absolute Gasteiger partial charge is 0.391 e. The zero-order valence-electron chi connectivity index (χ0n) is 21.9. The summed E-state index contributed by atoms with van der Waals surface area (Å²) in [5.41, 5.74) is 4.97. The second-order valence-corrected chi connectivity index (χ2v) is 10.5. The molecular formula is C31H38F3NO3. The molecule has 4 rings (SSSR count). The lowest BCUT2D eigenvalue weighted by Crippen LogP contribution is -2.36. The van der Waals surface area contributed by atoms with Gasteiger partial charge in [-0.15, -0.1) is 0 Å². The number of alkyl halides is 3. The summed E-state index contributed by atoms with van der Waals surface area (Å²) < 4.78 is 44.3. The molecule has 4 nitrogen and oxygen atoms in total. The van der Waals surface area contributed by atoms with Crippen molar-refractivity contribution >= 4 is 11.5 Å². The Morgan fingerprint density at radius 2 is 1.47 bits per heavy atom. The van der Waals surface area contributed by atoms with Crippen LogP contribution in [0.15, 0.2) is 54.1 Å². The zero-order chi connectivity index (χ0) is 27.0. The van der Waals surface area contributed by atoms with E-state index in [0.717, 1.165) is 42.6 Å². The Labute approximate surface area is 223 Å². The number of hydrogen-bond acceptors (Lipinski definition) is 3. The molecule has 0 unspecified atom stereocenters. The molecule has 2 fully saturated rings. The molecule has 2 N–H and O–H groups in total. The number of phenolic OH excluding ortho intramolecular Hbond substituents is 1. The fraction of sp³-hybridized carbons (Fsp3) is 0.516. The van der Waals surface area contributed by atoms with Gasteiger partial charge in [-0.25, -0.2) is 0 Å². The van der Waals surface area contributed by atoms with Gasteiger partial charge in [0, 0.05) is 12.5 Å². The summed E-state index contributed by atoms with van der Waals surface area (Å²) in [4.78, 5) is 12.3. The van der Waals surface area contributed by atoms with E-state index < -0.39 is 12.1 Å². The van der Waals surface area contributed by atoms with Crippen LogP contribution in [0.5, 0.6) is 11.5 Å². The van der Waals surface area contributed by atoms with Crippen molar-refractivity contribution in [2.24, 2.45) is 11.8 Å². The molecule has 0 heterocycles. The molecule has 206 valence electrons. The summed E-state index contributed by atoms with van der Waals surface area (Å²) in [6.45, 7) is 1.03. The molecule has 1 amide bonds. The number of phenols is 1. The summed E-state index contributed by atoms with van der Waals surface area (Å²) in [6, 6.07) is 15.6. The van der Waals surface area contributed by atoms with Crippen molar-refractivity contribution < 1.29 is 27.8 Å². The van der Waals surface area contributed by atoms with Crippen LogP contribution in [0.2, 0.25) is 0 Å². The van der Waals surface area contributed by atoms with Gasteiger partial charge in [-0.3, -0.25) is 4.79 Å². The highest BCUT2D eigenvalue weighted by atomic mass is 19.4. The van der Waals surface area contributed by atoms with Gasteiger partial charge >= 0.3 is 6.18 Å². The van der Waals surface area contributed by atoms with Gasteiger partial charge in [0.2, 0.25) is 5.91 Å². The number of allylic oxidation sites excluding steroid dienone is 1. The first kappa shape index (κ1) is 28.1. The number of amides is 1. The Balaban J connectivity index is 1.21. The molecule has 0 saturated heterocycles. The molecule has 0 radical (unpaired) electrons. The number of ether oxygens (including phenoxy) is 1. The van der Waals surface area contributed by atoms with Crippen molar-refractivity contribution in [3.8, 4) is 11.5 Å². The molecule has 2 aliphatic rings. The Hall–Kier alpha value is -2.96. The van der Waals surface area contributed by atoms with Gasteiger partial charge in [0.25, 0.3) is 0 Å². The largest absolute Gasteiger partial charge is 0.508 e. The number of rotatable bonds is 9. The van der Waals surface area contributed by atoms with Crippen LogP contribution < -0.4 is 10.1 Å². The Kier molecular flexibility index (Phi) is 9.75. The van der Waals surface area contributed by atoms with Gasteiger partial charge in [-0.2, -0.15) is 13.2 Å². The summed E-state index contributed by atoms with van der Waals surface area (Å²) in [5, 5.41) is 12.6. The van der Waals surface area contributed by atoms with Gasteiger partial charge in [-0.1, -0.05) is 36.3 Å². The minimum absolute atomic E-state index is 0.0434. The summed E-state index contributed by atoms with van der Waals surface area (Å²) >= 11 is 0. The van der Waals surface area contributed by atoms with E-state index in [9.17, 15) is 23.1 Å². The number of aromatic hydroxyl groups is 1. The quantitative estimate of drug-likeness (QED) is 0.326. The van der Waals surface area contributed by atoms with E-state index in [0.29, 0.717) is 26.0 Å². The van der Waals surface area contributed by atoms with E-state index in [1.165, 1.54) is 30.4 Å². The number of nitrogens with one attached hydrogen (secondary N) is 1. The minimum atomic E-state index is -4.15. The predicted molar refractivity (Wildman–Crippen MR) is 143 cm³/mol. The van der Waals surface area contributed by atoms with Gasteiger partial charge in [0.05, 0.1) is 12.5 Å². The SMILES string of the molecule is O=C(NCCCCOc1ccc(C(=C2CCCCC2)c2ccc(O)cc2)cc1)C1CCC(C(F)(F)F)CC1. The third-order valence-corrected chi connectivity index (χ3v) is 7.81. The van der Waals surface area contributed by atoms with Crippen molar-refractivity contribution in [1.29, 1.82) is 0 Å². The van der Waals surface area contributed by atoms with E-state index in [4.69, 9.17) is 4.74 Å². The van der Waals surface area contributed by atoms with E-state index >= 15 is 0 Å². The van der Waals surface area contributed by atoms with Crippen LogP contribution in [0, 0.1) is 11.8 Å². The van der Waals surface area contributed by atoms with Crippen LogP contribution in [0.3, 0.4) is 0 Å². The molecule has 2 aromatic rings. The Morgan fingerprint density at radius 3 is 2.08 bits per heavy atom. The van der Waals surface area contributed by atoms with Crippen LogP contribution in [0.4, 0.5) is 13.2 Å². The van der Waals surface area contributed by atoms with Crippen molar-refractivity contribution in [1.82, 2.24) is 5.32 Å². The lowest BCUT2D eigenvalue weighted by atomic mass is 9.81. The van der Waals surface area contributed by atoms with Crippen molar-refractivity contribution in [2.45, 2.75) is 76.8 Å². The van der Waals surface area contributed by atoms with Crippen LogP contribution in [0.25, 0.3) is 5.57 Å². The van der Waals surface area contributed by atoms with Crippen LogP contribution in [-0.2, 0) is 4.79 Å². The fourth-order valence-electron chi connectivity index (χ4n) is 5.61. The molecule has 0 bridgehead atoms. The molecule has 2 aromatic carbocycles. The number of carbonyl (C=O) groups is 1. The second-order valence-electron chi connectivity index (χ2n) is 10.5. The number of unbranched alkanes of at least 4 members (excludes halogenated alkanes) is 1. The molecule has 7 heteroatoms. The molecule has 0 aliphatic heterocycles. The Morgan fingerprint density at radius 1 is 0.868 bits per heavy atom. The van der Waals surface area contributed by atoms with Crippen molar-refractivity contribution in [3.63, 3.8) is 0 Å². The van der Waals surface area contributed by atoms with Crippen molar-refractivity contribution in [2.75, 3.05) is 13.2 Å². The normalized spacial score (nSPS) is 20.1. The predicted octanol–water partition coefficient (Wildman–Crippen LogP) is 7.80. The second kappa shape index (κ2) is 13.2. The molecule has 0 atom stereocenters. The van der Waals surface area contributed by atoms with E-state index in [-0.39, 0.29) is 30.4 Å². The van der Waals surface area contributed by atoms with Crippen LogP contribution in [0.1, 0.15) is 81.8 Å². The number of hydrogen-bond donors (Lipinski definition) is 2. The number of carbonyl (C=O) groups excluding carboxylic acids is 1. The van der Waals surface area contributed by atoms with Gasteiger partial charge < -0.3 is 15.2 Å². The average Bonchev–Trinajstić information content (AvgIpc) is 2.93. The number of benzene rings is 2. The average molecular weight is 530 g/mol.